The lowest BCUT2D eigenvalue weighted by molar-refractivity contribution is 0.627. The van der Waals surface area contributed by atoms with E-state index in [0.29, 0.717) is 6.54 Å². The number of nitrogens with two attached hydrogens (primary N) is 1. The molecule has 2 aromatic rings. The Morgan fingerprint density at radius 2 is 1.76 bits per heavy atom. The average molecular weight is 229 g/mol. The predicted molar refractivity (Wildman–Crippen MR) is 69.2 cm³/mol. The SMILES string of the molecule is Cc1ccc(CN)c(-c2ccc(F)cc2C)c1. The molecule has 88 valence electrons. The van der Waals surface area contributed by atoms with Crippen LogP contribution in [0.25, 0.3) is 11.1 Å². The van der Waals surface area contributed by atoms with Crippen molar-refractivity contribution in [1.82, 2.24) is 0 Å². The van der Waals surface area contributed by atoms with Crippen LogP contribution in [0, 0.1) is 19.7 Å². The van der Waals surface area contributed by atoms with Crippen LogP contribution in [0.4, 0.5) is 4.39 Å². The van der Waals surface area contributed by atoms with Gasteiger partial charge in [-0.1, -0.05) is 29.8 Å². The van der Waals surface area contributed by atoms with Gasteiger partial charge in [0.25, 0.3) is 0 Å². The summed E-state index contributed by atoms with van der Waals surface area (Å²) < 4.78 is 13.1. The topological polar surface area (TPSA) is 26.0 Å². The van der Waals surface area contributed by atoms with Crippen molar-refractivity contribution < 1.29 is 4.39 Å². The minimum atomic E-state index is -0.201. The van der Waals surface area contributed by atoms with Crippen molar-refractivity contribution in [3.05, 3.63) is 58.9 Å². The first kappa shape index (κ1) is 11.8. The minimum Gasteiger partial charge on any atom is -0.326 e. The Kier molecular flexibility index (Phi) is 3.25. The molecule has 0 saturated heterocycles. The lowest BCUT2D eigenvalue weighted by Crippen LogP contribution is -2.00. The van der Waals surface area contributed by atoms with Gasteiger partial charge in [-0.3, -0.25) is 0 Å². The third-order valence-electron chi connectivity index (χ3n) is 2.96. The molecule has 2 heteroatoms. The molecule has 0 bridgehead atoms. The molecular weight excluding hydrogens is 213 g/mol. The van der Waals surface area contributed by atoms with Gasteiger partial charge < -0.3 is 5.73 Å². The molecule has 2 rings (SSSR count). The van der Waals surface area contributed by atoms with Gasteiger partial charge in [-0.05, 0) is 48.2 Å². The van der Waals surface area contributed by atoms with Gasteiger partial charge in [-0.2, -0.15) is 0 Å². The summed E-state index contributed by atoms with van der Waals surface area (Å²) in [5.41, 5.74) is 11.1. The highest BCUT2D eigenvalue weighted by molar-refractivity contribution is 5.71. The van der Waals surface area contributed by atoms with Gasteiger partial charge >= 0.3 is 0 Å². The van der Waals surface area contributed by atoms with E-state index in [-0.39, 0.29) is 5.82 Å². The van der Waals surface area contributed by atoms with Gasteiger partial charge in [-0.25, -0.2) is 4.39 Å². The third kappa shape index (κ3) is 2.37. The van der Waals surface area contributed by atoms with Crippen LogP contribution in [0.15, 0.2) is 36.4 Å². The highest BCUT2D eigenvalue weighted by Gasteiger charge is 2.07. The maximum atomic E-state index is 13.1. The lowest BCUT2D eigenvalue weighted by atomic mass is 9.94. The number of halogens is 1. The van der Waals surface area contributed by atoms with E-state index in [9.17, 15) is 4.39 Å². The fraction of sp³-hybridized carbons (Fsp3) is 0.200. The Balaban J connectivity index is 2.62. The second kappa shape index (κ2) is 4.68. The summed E-state index contributed by atoms with van der Waals surface area (Å²) in [5.74, 6) is -0.201. The number of rotatable bonds is 2. The molecule has 0 saturated carbocycles. The molecule has 0 heterocycles. The molecule has 17 heavy (non-hydrogen) atoms. The second-order valence-corrected chi connectivity index (χ2v) is 4.32. The van der Waals surface area contributed by atoms with Crippen molar-refractivity contribution in [2.75, 3.05) is 0 Å². The fourth-order valence-corrected chi connectivity index (χ4v) is 2.05. The van der Waals surface area contributed by atoms with Crippen molar-refractivity contribution in [3.8, 4) is 11.1 Å². The molecule has 0 radical (unpaired) electrons. The van der Waals surface area contributed by atoms with Crippen LogP contribution < -0.4 is 5.73 Å². The monoisotopic (exact) mass is 229 g/mol. The summed E-state index contributed by atoms with van der Waals surface area (Å²) in [6, 6.07) is 11.0. The standard InChI is InChI=1S/C15H16FN/c1-10-3-4-12(9-17)15(7-10)14-6-5-13(16)8-11(14)2/h3-8H,9,17H2,1-2H3. The van der Waals surface area contributed by atoms with Crippen LogP contribution in [-0.4, -0.2) is 0 Å². The lowest BCUT2D eigenvalue weighted by Gasteiger charge is -2.12. The number of hydrogen-bond acceptors (Lipinski definition) is 1. The average Bonchev–Trinajstić information content (AvgIpc) is 2.29. The Morgan fingerprint density at radius 3 is 2.41 bits per heavy atom. The molecule has 0 fully saturated rings. The summed E-state index contributed by atoms with van der Waals surface area (Å²) in [5, 5.41) is 0. The van der Waals surface area contributed by atoms with Crippen LogP contribution in [0.3, 0.4) is 0 Å². The van der Waals surface area contributed by atoms with Crippen LogP contribution in [0.2, 0.25) is 0 Å². The van der Waals surface area contributed by atoms with Gasteiger partial charge in [0.15, 0.2) is 0 Å². The Labute approximate surface area is 101 Å². The highest BCUT2D eigenvalue weighted by atomic mass is 19.1. The summed E-state index contributed by atoms with van der Waals surface area (Å²) in [7, 11) is 0. The molecule has 2 aromatic carbocycles. The normalized spacial score (nSPS) is 10.6. The van der Waals surface area contributed by atoms with E-state index >= 15 is 0 Å². The Hall–Kier alpha value is -1.67. The number of aryl methyl sites for hydroxylation is 2. The fourth-order valence-electron chi connectivity index (χ4n) is 2.05. The molecule has 1 nitrogen and oxygen atoms in total. The molecule has 0 aliphatic carbocycles. The first-order valence-electron chi connectivity index (χ1n) is 5.68. The Bertz CT molecular complexity index is 547. The largest absolute Gasteiger partial charge is 0.326 e. The molecule has 0 aromatic heterocycles. The maximum Gasteiger partial charge on any atom is 0.123 e. The summed E-state index contributed by atoms with van der Waals surface area (Å²) >= 11 is 0. The second-order valence-electron chi connectivity index (χ2n) is 4.32. The van der Waals surface area contributed by atoms with E-state index in [1.807, 2.05) is 32.0 Å². The number of benzene rings is 2. The molecule has 0 amide bonds. The quantitative estimate of drug-likeness (QED) is 0.837. The van der Waals surface area contributed by atoms with E-state index in [1.165, 1.54) is 11.6 Å². The summed E-state index contributed by atoms with van der Waals surface area (Å²) in [4.78, 5) is 0. The first-order chi connectivity index (χ1) is 8.11. The van der Waals surface area contributed by atoms with E-state index < -0.39 is 0 Å². The Morgan fingerprint density at radius 1 is 1.00 bits per heavy atom. The van der Waals surface area contributed by atoms with Gasteiger partial charge in [-0.15, -0.1) is 0 Å². The van der Waals surface area contributed by atoms with E-state index in [4.69, 9.17) is 5.73 Å². The summed E-state index contributed by atoms with van der Waals surface area (Å²) in [6.45, 7) is 4.45. The molecule has 0 aliphatic heterocycles. The van der Waals surface area contributed by atoms with E-state index in [1.54, 1.807) is 6.07 Å². The van der Waals surface area contributed by atoms with Gasteiger partial charge in [0, 0.05) is 6.54 Å². The van der Waals surface area contributed by atoms with E-state index in [0.717, 1.165) is 22.3 Å². The molecule has 0 spiro atoms. The zero-order chi connectivity index (χ0) is 12.4. The van der Waals surface area contributed by atoms with Crippen molar-refractivity contribution in [3.63, 3.8) is 0 Å². The van der Waals surface area contributed by atoms with Gasteiger partial charge in [0.2, 0.25) is 0 Å². The van der Waals surface area contributed by atoms with Crippen LogP contribution >= 0.6 is 0 Å². The summed E-state index contributed by atoms with van der Waals surface area (Å²) in [6.07, 6.45) is 0. The molecule has 0 aliphatic rings. The maximum absolute atomic E-state index is 13.1. The zero-order valence-corrected chi connectivity index (χ0v) is 10.1. The highest BCUT2D eigenvalue weighted by Crippen LogP contribution is 2.28. The molecule has 2 N–H and O–H groups in total. The van der Waals surface area contributed by atoms with Gasteiger partial charge in [0.05, 0.1) is 0 Å². The molecule has 0 atom stereocenters. The van der Waals surface area contributed by atoms with Crippen LogP contribution in [0.1, 0.15) is 16.7 Å². The molecule has 0 unspecified atom stereocenters. The number of hydrogen-bond donors (Lipinski definition) is 1. The van der Waals surface area contributed by atoms with E-state index in [2.05, 4.69) is 6.07 Å². The van der Waals surface area contributed by atoms with Gasteiger partial charge in [0.1, 0.15) is 5.82 Å². The van der Waals surface area contributed by atoms with Crippen molar-refractivity contribution in [2.24, 2.45) is 5.73 Å². The first-order valence-corrected chi connectivity index (χ1v) is 5.68. The van der Waals surface area contributed by atoms with Crippen molar-refractivity contribution in [1.29, 1.82) is 0 Å². The van der Waals surface area contributed by atoms with Crippen molar-refractivity contribution >= 4 is 0 Å². The van der Waals surface area contributed by atoms with Crippen LogP contribution in [0.5, 0.6) is 0 Å². The third-order valence-corrected chi connectivity index (χ3v) is 2.96. The van der Waals surface area contributed by atoms with Crippen molar-refractivity contribution in [2.45, 2.75) is 20.4 Å². The predicted octanol–water partition coefficient (Wildman–Crippen LogP) is 3.57. The smallest absolute Gasteiger partial charge is 0.123 e. The minimum absolute atomic E-state index is 0.201. The van der Waals surface area contributed by atoms with Crippen LogP contribution in [-0.2, 0) is 6.54 Å². The molecular formula is C15H16FN. The zero-order valence-electron chi connectivity index (χ0n) is 10.1.